The first kappa shape index (κ1) is 20.0. The highest BCUT2D eigenvalue weighted by atomic mass is 15.1. The normalized spacial score (nSPS) is 11.5. The third kappa shape index (κ3) is 3.53. The molecule has 0 spiro atoms. The second kappa shape index (κ2) is 8.04. The highest BCUT2D eigenvalue weighted by Crippen LogP contribution is 2.31. The lowest BCUT2D eigenvalue weighted by Crippen LogP contribution is -2.09. The van der Waals surface area contributed by atoms with Crippen LogP contribution in [0.4, 0.5) is 5.69 Å². The molecule has 0 unspecified atom stereocenters. The molecule has 0 atom stereocenters. The van der Waals surface area contributed by atoms with Crippen molar-refractivity contribution < 1.29 is 0 Å². The summed E-state index contributed by atoms with van der Waals surface area (Å²) in [5.41, 5.74) is 7.42. The molecule has 34 heavy (non-hydrogen) atoms. The van der Waals surface area contributed by atoms with Crippen molar-refractivity contribution in [1.29, 1.82) is 0 Å². The molecule has 0 saturated carbocycles. The second-order valence-electron chi connectivity index (χ2n) is 8.31. The average molecular weight is 448 g/mol. The zero-order valence-electron chi connectivity index (χ0n) is 18.6. The molecular weight excluding hydrogens is 426 g/mol. The Morgan fingerprint density at radius 3 is 2.71 bits per heavy atom. The average Bonchev–Trinajstić information content (AvgIpc) is 3.48. The maximum atomic E-state index is 4.72. The van der Waals surface area contributed by atoms with E-state index in [0.29, 0.717) is 23.2 Å². The Hall–Kier alpha value is -4.66. The van der Waals surface area contributed by atoms with Crippen molar-refractivity contribution in [2.75, 3.05) is 5.32 Å². The number of H-pyrrole nitrogens is 2. The molecule has 0 aromatic carbocycles. The second-order valence-corrected chi connectivity index (χ2v) is 8.31. The summed E-state index contributed by atoms with van der Waals surface area (Å²) >= 11 is 0. The van der Waals surface area contributed by atoms with Gasteiger partial charge in [0.15, 0.2) is 11.5 Å². The molecule has 0 aliphatic carbocycles. The van der Waals surface area contributed by atoms with E-state index in [1.807, 2.05) is 48.8 Å². The number of nitrogens with one attached hydrogen (secondary N) is 3. The lowest BCUT2D eigenvalue weighted by atomic mass is 10.1. The van der Waals surface area contributed by atoms with Crippen LogP contribution >= 0.6 is 0 Å². The van der Waals surface area contributed by atoms with Gasteiger partial charge in [0.2, 0.25) is 0 Å². The minimum Gasteiger partial charge on any atom is -0.382 e. The van der Waals surface area contributed by atoms with Gasteiger partial charge in [-0.25, -0.2) is 9.97 Å². The fourth-order valence-corrected chi connectivity index (χ4v) is 4.01. The Bertz CT molecular complexity index is 1620. The summed E-state index contributed by atoms with van der Waals surface area (Å²) in [7, 11) is 0. The number of anilines is 1. The number of aromatic amines is 2. The van der Waals surface area contributed by atoms with E-state index in [9.17, 15) is 0 Å². The highest BCUT2D eigenvalue weighted by Gasteiger charge is 2.17. The van der Waals surface area contributed by atoms with Crippen molar-refractivity contribution in [2.24, 2.45) is 0 Å². The van der Waals surface area contributed by atoms with Crippen LogP contribution in [0, 0.1) is 0 Å². The zero-order valence-corrected chi connectivity index (χ0v) is 18.6. The maximum Gasteiger partial charge on any atom is 0.178 e. The summed E-state index contributed by atoms with van der Waals surface area (Å²) in [6.07, 6.45) is 8.92. The van der Waals surface area contributed by atoms with Crippen molar-refractivity contribution in [1.82, 2.24) is 40.1 Å². The fourth-order valence-electron chi connectivity index (χ4n) is 4.01. The van der Waals surface area contributed by atoms with Crippen LogP contribution in [0.3, 0.4) is 0 Å². The van der Waals surface area contributed by atoms with Crippen LogP contribution in [0.2, 0.25) is 0 Å². The maximum absolute atomic E-state index is 4.72. The summed E-state index contributed by atoms with van der Waals surface area (Å²) in [4.78, 5) is 26.0. The Morgan fingerprint density at radius 1 is 0.912 bits per heavy atom. The van der Waals surface area contributed by atoms with Gasteiger partial charge in [-0.3, -0.25) is 20.1 Å². The number of imidazole rings is 1. The molecule has 0 aliphatic heterocycles. The molecule has 0 bridgehead atoms. The van der Waals surface area contributed by atoms with Gasteiger partial charge in [0.05, 0.1) is 34.3 Å². The van der Waals surface area contributed by atoms with Crippen LogP contribution in [0.5, 0.6) is 0 Å². The largest absolute Gasteiger partial charge is 0.382 e. The molecule has 0 aliphatic rings. The van der Waals surface area contributed by atoms with Gasteiger partial charge < -0.3 is 10.3 Å². The van der Waals surface area contributed by atoms with Crippen molar-refractivity contribution >= 4 is 27.8 Å². The summed E-state index contributed by atoms with van der Waals surface area (Å²) in [5, 5.41) is 11.9. The van der Waals surface area contributed by atoms with E-state index in [-0.39, 0.29) is 0 Å². The number of hydrogen-bond acceptors (Lipinski definition) is 7. The topological polar surface area (TPSA) is 121 Å². The monoisotopic (exact) mass is 447 g/mol. The van der Waals surface area contributed by atoms with E-state index in [4.69, 9.17) is 4.98 Å². The molecule has 6 heterocycles. The first-order valence-corrected chi connectivity index (χ1v) is 11.0. The van der Waals surface area contributed by atoms with Gasteiger partial charge in [0.1, 0.15) is 5.69 Å². The number of hydrogen-bond donors (Lipinski definition) is 3. The lowest BCUT2D eigenvalue weighted by molar-refractivity contribution is 0.898. The van der Waals surface area contributed by atoms with Gasteiger partial charge >= 0.3 is 0 Å². The lowest BCUT2D eigenvalue weighted by Gasteiger charge is -2.10. The van der Waals surface area contributed by atoms with Gasteiger partial charge in [0.25, 0.3) is 0 Å². The van der Waals surface area contributed by atoms with Crippen LogP contribution in [-0.4, -0.2) is 46.1 Å². The third-order valence-electron chi connectivity index (χ3n) is 5.49. The number of rotatable bonds is 5. The molecule has 0 fully saturated rings. The van der Waals surface area contributed by atoms with Crippen molar-refractivity contribution in [3.05, 3.63) is 67.4 Å². The van der Waals surface area contributed by atoms with E-state index >= 15 is 0 Å². The zero-order chi connectivity index (χ0) is 23.1. The summed E-state index contributed by atoms with van der Waals surface area (Å²) in [5.74, 6) is 0.627. The van der Waals surface area contributed by atoms with E-state index in [1.165, 1.54) is 0 Å². The molecule has 0 amide bonds. The molecule has 6 aromatic rings. The van der Waals surface area contributed by atoms with Gasteiger partial charge in [0, 0.05) is 47.3 Å². The van der Waals surface area contributed by atoms with Crippen molar-refractivity contribution in [3.8, 4) is 34.0 Å². The quantitative estimate of drug-likeness (QED) is 0.346. The molecule has 0 radical (unpaired) electrons. The molecule has 6 aromatic heterocycles. The number of fused-ring (bicyclic) bond motifs is 2. The summed E-state index contributed by atoms with van der Waals surface area (Å²) < 4.78 is 0. The van der Waals surface area contributed by atoms with Gasteiger partial charge in [-0.05, 0) is 44.2 Å². The van der Waals surface area contributed by atoms with Crippen LogP contribution in [0.1, 0.15) is 13.8 Å². The number of nitrogens with zero attached hydrogens (tertiary/aromatic N) is 6. The molecular formula is C25H21N9. The molecule has 9 heteroatoms. The van der Waals surface area contributed by atoms with Crippen LogP contribution in [0.25, 0.3) is 56.1 Å². The van der Waals surface area contributed by atoms with E-state index < -0.39 is 0 Å². The SMILES string of the molecule is CC(C)Nc1cncc(-c2cc3c(-c4nc5nccc(-c6ccccn6)c5[nH]4)n[nH]c3cn2)c1. The number of aromatic nitrogens is 8. The highest BCUT2D eigenvalue weighted by molar-refractivity contribution is 5.96. The third-order valence-corrected chi connectivity index (χ3v) is 5.49. The Balaban J connectivity index is 1.45. The number of pyridine rings is 4. The Labute approximate surface area is 194 Å². The van der Waals surface area contributed by atoms with Gasteiger partial charge in [-0.2, -0.15) is 5.10 Å². The molecule has 3 N–H and O–H groups in total. The van der Waals surface area contributed by atoms with Gasteiger partial charge in [-0.15, -0.1) is 0 Å². The Kier molecular flexibility index (Phi) is 4.72. The summed E-state index contributed by atoms with van der Waals surface area (Å²) in [6, 6.07) is 12.1. The van der Waals surface area contributed by atoms with Crippen molar-refractivity contribution in [3.63, 3.8) is 0 Å². The summed E-state index contributed by atoms with van der Waals surface area (Å²) in [6.45, 7) is 4.19. The first-order valence-electron chi connectivity index (χ1n) is 11.0. The molecule has 6 rings (SSSR count). The van der Waals surface area contributed by atoms with Crippen LogP contribution in [0.15, 0.2) is 67.4 Å². The molecule has 9 nitrogen and oxygen atoms in total. The molecule has 166 valence electrons. The van der Waals surface area contributed by atoms with Crippen molar-refractivity contribution in [2.45, 2.75) is 19.9 Å². The Morgan fingerprint density at radius 2 is 1.85 bits per heavy atom. The predicted octanol–water partition coefficient (Wildman–Crippen LogP) is 4.84. The van der Waals surface area contributed by atoms with E-state index in [2.05, 4.69) is 54.3 Å². The van der Waals surface area contributed by atoms with E-state index in [0.717, 1.165) is 44.6 Å². The smallest absolute Gasteiger partial charge is 0.178 e. The molecule has 0 saturated heterocycles. The predicted molar refractivity (Wildman–Crippen MR) is 132 cm³/mol. The van der Waals surface area contributed by atoms with Gasteiger partial charge in [-0.1, -0.05) is 6.07 Å². The van der Waals surface area contributed by atoms with Crippen LogP contribution in [-0.2, 0) is 0 Å². The minimum atomic E-state index is 0.311. The van der Waals surface area contributed by atoms with Crippen LogP contribution < -0.4 is 5.32 Å². The first-order chi connectivity index (χ1) is 16.7. The van der Waals surface area contributed by atoms with E-state index in [1.54, 1.807) is 18.6 Å². The fraction of sp³-hybridized carbons (Fsp3) is 0.120. The minimum absolute atomic E-state index is 0.311. The standard InChI is InChI=1S/C25H21N9/c1-14(2)30-16-9-15(11-26-12-16)20-10-18-21(13-29-20)33-34-23(18)25-31-22-17(6-8-28-24(22)32-25)19-5-3-4-7-27-19/h3-14,30H,1-2H3,(H,33,34)(H,28,31,32).